The minimum Gasteiger partial charge on any atom is -0.490 e. The quantitative estimate of drug-likeness (QED) is 0.647. The molecule has 2 heterocycles. The third-order valence-electron chi connectivity index (χ3n) is 4.70. The Balaban J connectivity index is 1.34. The summed E-state index contributed by atoms with van der Waals surface area (Å²) < 4.78 is 42.7. The van der Waals surface area contributed by atoms with Crippen LogP contribution < -0.4 is 19.5 Å². The maximum absolute atomic E-state index is 12.3. The van der Waals surface area contributed by atoms with E-state index in [2.05, 4.69) is 15.0 Å². The van der Waals surface area contributed by atoms with E-state index in [0.29, 0.717) is 36.0 Å². The first-order valence-electron chi connectivity index (χ1n) is 9.89. The van der Waals surface area contributed by atoms with Crippen LogP contribution in [0.5, 0.6) is 11.5 Å². The minimum absolute atomic E-state index is 0.0571. The molecule has 0 bridgehead atoms. The number of sulfonamides is 1. The highest BCUT2D eigenvalue weighted by atomic mass is 32.2. The summed E-state index contributed by atoms with van der Waals surface area (Å²) >= 11 is 0. The summed E-state index contributed by atoms with van der Waals surface area (Å²) in [6.07, 6.45) is 0.766. The number of benzene rings is 2. The lowest BCUT2D eigenvalue weighted by molar-refractivity contribution is -0.148. The second kappa shape index (κ2) is 8.87. The van der Waals surface area contributed by atoms with Crippen LogP contribution in [0.4, 0.5) is 5.69 Å². The monoisotopic (exact) mass is 459 g/mol. The molecular weight excluding hydrogens is 438 g/mol. The van der Waals surface area contributed by atoms with Gasteiger partial charge in [0.05, 0.1) is 18.1 Å². The Bertz CT molecular complexity index is 1190. The molecule has 0 unspecified atom stereocenters. The number of ether oxygens (including phenoxy) is 3. The number of esters is 1. The molecule has 2 aromatic rings. The summed E-state index contributed by atoms with van der Waals surface area (Å²) in [7, 11) is -3.71. The van der Waals surface area contributed by atoms with Crippen LogP contribution in [0.1, 0.15) is 18.9 Å². The molecule has 2 aliphatic heterocycles. The molecule has 0 fully saturated rings. The summed E-state index contributed by atoms with van der Waals surface area (Å²) in [4.78, 5) is 28.7. The van der Waals surface area contributed by atoms with E-state index in [4.69, 9.17) is 14.2 Å². The lowest BCUT2D eigenvalue weighted by Gasteiger charge is -2.11. The van der Waals surface area contributed by atoms with Crippen molar-refractivity contribution < 1.29 is 32.2 Å². The standard InChI is InChI=1S/C21H21N3O7S/c1-13(22-20-15-5-2-3-6-18(15)32(27,28)24-20)21(26)31-12-19(25)23-14-7-8-16-17(11-14)30-10-4-9-29-16/h2-3,5-8,11,13H,4,9-10,12H2,1H3,(H,22,24)(H,23,25)/t13-/m0/s1. The third-order valence-corrected chi connectivity index (χ3v) is 6.10. The average molecular weight is 459 g/mol. The van der Waals surface area contributed by atoms with E-state index in [0.717, 1.165) is 6.42 Å². The Morgan fingerprint density at radius 3 is 2.72 bits per heavy atom. The second-order valence-electron chi connectivity index (χ2n) is 7.12. The van der Waals surface area contributed by atoms with Gasteiger partial charge in [-0.3, -0.25) is 14.5 Å². The Morgan fingerprint density at radius 1 is 1.16 bits per heavy atom. The van der Waals surface area contributed by atoms with Crippen molar-refractivity contribution >= 4 is 33.4 Å². The minimum atomic E-state index is -3.71. The molecule has 0 radical (unpaired) electrons. The lowest BCUT2D eigenvalue weighted by atomic mass is 10.2. The fourth-order valence-corrected chi connectivity index (χ4v) is 4.41. The van der Waals surface area contributed by atoms with Gasteiger partial charge in [-0.05, 0) is 31.2 Å². The summed E-state index contributed by atoms with van der Waals surface area (Å²) in [6.45, 7) is 2.00. The van der Waals surface area contributed by atoms with Crippen molar-refractivity contribution in [3.63, 3.8) is 0 Å². The molecule has 0 saturated heterocycles. The van der Waals surface area contributed by atoms with Crippen molar-refractivity contribution in [1.82, 2.24) is 4.72 Å². The zero-order valence-electron chi connectivity index (χ0n) is 17.2. The number of anilines is 1. The second-order valence-corrected chi connectivity index (χ2v) is 8.77. The van der Waals surface area contributed by atoms with Crippen LogP contribution in [0.15, 0.2) is 52.4 Å². The summed E-state index contributed by atoms with van der Waals surface area (Å²) in [6, 6.07) is 10.3. The fourth-order valence-electron chi connectivity index (χ4n) is 3.17. The fraction of sp³-hybridized carbons (Fsp3) is 0.286. The van der Waals surface area contributed by atoms with Gasteiger partial charge in [-0.25, -0.2) is 13.2 Å². The lowest BCUT2D eigenvalue weighted by Crippen LogP contribution is -2.28. The zero-order valence-corrected chi connectivity index (χ0v) is 18.0. The SMILES string of the molecule is C[C@H](N=C1NS(=O)(=O)c2ccccc21)C(=O)OCC(=O)Nc1ccc2c(c1)OCCCO2. The average Bonchev–Trinajstić information content (AvgIpc) is 2.91. The van der Waals surface area contributed by atoms with Gasteiger partial charge in [0.25, 0.3) is 15.9 Å². The molecular formula is C21H21N3O7S. The van der Waals surface area contributed by atoms with E-state index in [1.165, 1.54) is 13.0 Å². The van der Waals surface area contributed by atoms with Crippen LogP contribution in [0.25, 0.3) is 0 Å². The van der Waals surface area contributed by atoms with Gasteiger partial charge in [0, 0.05) is 23.7 Å². The Morgan fingerprint density at radius 2 is 1.91 bits per heavy atom. The van der Waals surface area contributed by atoms with Crippen LogP contribution in [0.2, 0.25) is 0 Å². The van der Waals surface area contributed by atoms with Gasteiger partial charge in [0.1, 0.15) is 11.9 Å². The number of aliphatic imine (C=N–C) groups is 1. The molecule has 2 aliphatic rings. The van der Waals surface area contributed by atoms with Crippen LogP contribution in [0.3, 0.4) is 0 Å². The van der Waals surface area contributed by atoms with Crippen molar-refractivity contribution in [1.29, 1.82) is 0 Å². The predicted octanol–water partition coefficient (Wildman–Crippen LogP) is 1.46. The molecule has 1 atom stereocenters. The summed E-state index contributed by atoms with van der Waals surface area (Å²) in [5.74, 6) is -0.124. The maximum Gasteiger partial charge on any atom is 0.331 e. The first-order chi connectivity index (χ1) is 15.3. The molecule has 4 rings (SSSR count). The van der Waals surface area contributed by atoms with Gasteiger partial charge in [-0.15, -0.1) is 0 Å². The molecule has 2 N–H and O–H groups in total. The highest BCUT2D eigenvalue weighted by molar-refractivity contribution is 7.90. The van der Waals surface area contributed by atoms with Crippen molar-refractivity contribution in [2.24, 2.45) is 4.99 Å². The molecule has 0 saturated carbocycles. The number of fused-ring (bicyclic) bond motifs is 2. The predicted molar refractivity (Wildman–Crippen MR) is 114 cm³/mol. The van der Waals surface area contributed by atoms with Crippen LogP contribution >= 0.6 is 0 Å². The van der Waals surface area contributed by atoms with E-state index in [1.54, 1.807) is 36.4 Å². The first-order valence-corrected chi connectivity index (χ1v) is 11.4. The van der Waals surface area contributed by atoms with Gasteiger partial charge in [-0.2, -0.15) is 0 Å². The molecule has 0 spiro atoms. The molecule has 32 heavy (non-hydrogen) atoms. The highest BCUT2D eigenvalue weighted by Crippen LogP contribution is 2.32. The normalized spacial score (nSPS) is 18.1. The number of rotatable bonds is 5. The zero-order chi connectivity index (χ0) is 22.7. The van der Waals surface area contributed by atoms with Gasteiger partial charge < -0.3 is 19.5 Å². The Labute approximate surface area is 184 Å². The van der Waals surface area contributed by atoms with Crippen LogP contribution in [0, 0.1) is 0 Å². The molecule has 0 aromatic heterocycles. The van der Waals surface area contributed by atoms with Gasteiger partial charge >= 0.3 is 5.97 Å². The number of amidine groups is 1. The molecule has 11 heteroatoms. The van der Waals surface area contributed by atoms with Crippen LogP contribution in [-0.2, 0) is 24.3 Å². The number of hydrogen-bond donors (Lipinski definition) is 2. The first kappa shape index (κ1) is 21.6. The number of nitrogens with one attached hydrogen (secondary N) is 2. The molecule has 1 amide bonds. The van der Waals surface area contributed by atoms with E-state index in [1.807, 2.05) is 0 Å². The van der Waals surface area contributed by atoms with E-state index in [-0.39, 0.29) is 10.7 Å². The Kier molecular flexibility index (Phi) is 5.99. The van der Waals surface area contributed by atoms with Gasteiger partial charge in [-0.1, -0.05) is 12.1 Å². The van der Waals surface area contributed by atoms with E-state index in [9.17, 15) is 18.0 Å². The number of carbonyl (C=O) groups excluding carboxylic acids is 2. The van der Waals surface area contributed by atoms with Crippen molar-refractivity contribution in [3.05, 3.63) is 48.0 Å². The smallest absolute Gasteiger partial charge is 0.331 e. The number of nitrogens with zero attached hydrogens (tertiary/aromatic N) is 1. The largest absolute Gasteiger partial charge is 0.490 e. The summed E-state index contributed by atoms with van der Waals surface area (Å²) in [5, 5.41) is 2.62. The van der Waals surface area contributed by atoms with Gasteiger partial charge in [0.15, 0.2) is 18.1 Å². The number of carbonyl (C=O) groups is 2. The number of hydrogen-bond acceptors (Lipinski definition) is 8. The van der Waals surface area contributed by atoms with Crippen molar-refractivity contribution in [2.75, 3.05) is 25.1 Å². The Hall–Kier alpha value is -3.60. The van der Waals surface area contributed by atoms with Gasteiger partial charge in [0.2, 0.25) is 0 Å². The van der Waals surface area contributed by atoms with Crippen LogP contribution in [-0.4, -0.2) is 52.0 Å². The van der Waals surface area contributed by atoms with E-state index < -0.39 is 34.5 Å². The maximum atomic E-state index is 12.3. The third kappa shape index (κ3) is 4.67. The summed E-state index contributed by atoms with van der Waals surface area (Å²) in [5.41, 5.74) is 0.847. The topological polar surface area (TPSA) is 132 Å². The molecule has 2 aromatic carbocycles. The molecule has 0 aliphatic carbocycles. The highest BCUT2D eigenvalue weighted by Gasteiger charge is 2.31. The van der Waals surface area contributed by atoms with Crippen molar-refractivity contribution in [2.45, 2.75) is 24.3 Å². The molecule has 10 nitrogen and oxygen atoms in total. The van der Waals surface area contributed by atoms with E-state index >= 15 is 0 Å². The number of amides is 1. The molecule has 168 valence electrons. The van der Waals surface area contributed by atoms with Crippen molar-refractivity contribution in [3.8, 4) is 11.5 Å².